The van der Waals surface area contributed by atoms with Crippen molar-refractivity contribution < 1.29 is 23.1 Å². The first kappa shape index (κ1) is 13.8. The highest BCUT2D eigenvalue weighted by Crippen LogP contribution is 2.27. The molecule has 0 saturated heterocycles. The summed E-state index contributed by atoms with van der Waals surface area (Å²) in [6.45, 7) is 2.07. The molecule has 7 heteroatoms. The van der Waals surface area contributed by atoms with Crippen LogP contribution in [0.3, 0.4) is 0 Å². The van der Waals surface area contributed by atoms with Crippen molar-refractivity contribution in [2.24, 2.45) is 0 Å². The molecule has 104 valence electrons. The molecule has 0 bridgehead atoms. The fraction of sp³-hybridized carbons (Fsp3) is 0.417. The van der Waals surface area contributed by atoms with Crippen LogP contribution in [0.15, 0.2) is 23.1 Å². The minimum atomic E-state index is -3.70. The predicted molar refractivity (Wildman–Crippen MR) is 67.7 cm³/mol. The Kier molecular flexibility index (Phi) is 3.77. The number of rotatable bonds is 5. The van der Waals surface area contributed by atoms with E-state index in [1.807, 2.05) is 0 Å². The molecule has 2 rings (SSSR count). The van der Waals surface area contributed by atoms with Gasteiger partial charge in [-0.3, -0.25) is 4.79 Å². The van der Waals surface area contributed by atoms with Gasteiger partial charge in [-0.15, -0.1) is 0 Å². The molecule has 1 atom stereocenters. The number of carboxylic acid groups (broad SMARTS) is 1. The van der Waals surface area contributed by atoms with Gasteiger partial charge in [0, 0.05) is 12.5 Å². The normalized spacial score (nSPS) is 15.6. The molecule has 0 spiro atoms. The van der Waals surface area contributed by atoms with Gasteiger partial charge in [-0.1, -0.05) is 0 Å². The second-order valence-electron chi connectivity index (χ2n) is 4.49. The maximum Gasteiger partial charge on any atom is 0.304 e. The van der Waals surface area contributed by atoms with Crippen LogP contribution in [0.1, 0.15) is 18.9 Å². The van der Waals surface area contributed by atoms with Crippen LogP contribution < -0.4 is 9.46 Å². The summed E-state index contributed by atoms with van der Waals surface area (Å²) in [5.41, 5.74) is 0.855. The number of carbonyl (C=O) groups is 1. The maximum absolute atomic E-state index is 12.1. The van der Waals surface area contributed by atoms with E-state index in [1.165, 1.54) is 13.0 Å². The lowest BCUT2D eigenvalue weighted by Gasteiger charge is -2.12. The van der Waals surface area contributed by atoms with Crippen LogP contribution in [-0.4, -0.2) is 32.1 Å². The molecule has 0 fully saturated rings. The number of fused-ring (bicyclic) bond motifs is 1. The van der Waals surface area contributed by atoms with Gasteiger partial charge in [-0.2, -0.15) is 0 Å². The van der Waals surface area contributed by atoms with Crippen molar-refractivity contribution in [3.05, 3.63) is 23.8 Å². The van der Waals surface area contributed by atoms with Crippen LogP contribution in [0, 0.1) is 0 Å². The summed E-state index contributed by atoms with van der Waals surface area (Å²) in [6.07, 6.45) is 0.427. The third-order valence-corrected chi connectivity index (χ3v) is 4.40. The minimum absolute atomic E-state index is 0.133. The molecule has 2 N–H and O–H groups in total. The van der Waals surface area contributed by atoms with Gasteiger partial charge in [-0.25, -0.2) is 13.1 Å². The summed E-state index contributed by atoms with van der Waals surface area (Å²) in [5, 5.41) is 8.63. The first-order valence-electron chi connectivity index (χ1n) is 5.88. The smallest absolute Gasteiger partial charge is 0.304 e. The van der Waals surface area contributed by atoms with Crippen molar-refractivity contribution in [1.29, 1.82) is 0 Å². The van der Waals surface area contributed by atoms with E-state index in [1.54, 1.807) is 12.1 Å². The highest BCUT2D eigenvalue weighted by molar-refractivity contribution is 7.89. The molecule has 1 aliphatic heterocycles. The van der Waals surface area contributed by atoms with Crippen molar-refractivity contribution in [3.8, 4) is 5.75 Å². The number of nitrogens with one attached hydrogen (secondary N) is 1. The van der Waals surface area contributed by atoms with Crippen molar-refractivity contribution in [3.63, 3.8) is 0 Å². The Hall–Kier alpha value is -1.60. The molecule has 1 unspecified atom stereocenters. The number of hydrogen-bond donors (Lipinski definition) is 2. The lowest BCUT2D eigenvalue weighted by Crippen LogP contribution is -2.34. The van der Waals surface area contributed by atoms with Gasteiger partial charge in [0.05, 0.1) is 17.9 Å². The number of benzene rings is 1. The zero-order valence-corrected chi connectivity index (χ0v) is 11.2. The molecule has 0 aliphatic carbocycles. The third-order valence-electron chi connectivity index (χ3n) is 2.81. The average molecular weight is 285 g/mol. The van der Waals surface area contributed by atoms with E-state index in [4.69, 9.17) is 9.84 Å². The van der Waals surface area contributed by atoms with Crippen LogP contribution in [0.2, 0.25) is 0 Å². The Morgan fingerprint density at radius 1 is 1.53 bits per heavy atom. The molecule has 0 radical (unpaired) electrons. The van der Waals surface area contributed by atoms with Gasteiger partial charge in [0.25, 0.3) is 0 Å². The first-order chi connectivity index (χ1) is 8.88. The topological polar surface area (TPSA) is 92.7 Å². The number of carboxylic acids is 1. The Morgan fingerprint density at radius 3 is 2.95 bits per heavy atom. The standard InChI is InChI=1S/C12H15NO5S/c1-8(6-12(14)15)13-19(16,17)10-2-3-11-9(7-10)4-5-18-11/h2-3,7-8,13H,4-6H2,1H3,(H,14,15). The van der Waals surface area contributed by atoms with Gasteiger partial charge in [0.1, 0.15) is 5.75 Å². The van der Waals surface area contributed by atoms with Crippen LogP contribution in [0.25, 0.3) is 0 Å². The van der Waals surface area contributed by atoms with E-state index in [2.05, 4.69) is 4.72 Å². The van der Waals surface area contributed by atoms with Gasteiger partial charge in [-0.05, 0) is 30.7 Å². The molecule has 1 aromatic carbocycles. The Labute approximate surface area is 111 Å². The average Bonchev–Trinajstić information content (AvgIpc) is 2.73. The number of aliphatic carboxylic acids is 1. The molecule has 6 nitrogen and oxygen atoms in total. The lowest BCUT2D eigenvalue weighted by atomic mass is 10.2. The van der Waals surface area contributed by atoms with Gasteiger partial charge < -0.3 is 9.84 Å². The van der Waals surface area contributed by atoms with Gasteiger partial charge in [0.2, 0.25) is 10.0 Å². The van der Waals surface area contributed by atoms with Gasteiger partial charge >= 0.3 is 5.97 Å². The number of sulfonamides is 1. The van der Waals surface area contributed by atoms with E-state index >= 15 is 0 Å². The molecule has 0 aromatic heterocycles. The summed E-state index contributed by atoms with van der Waals surface area (Å²) in [6, 6.07) is 3.99. The molecule has 19 heavy (non-hydrogen) atoms. The summed E-state index contributed by atoms with van der Waals surface area (Å²) in [4.78, 5) is 10.7. The highest BCUT2D eigenvalue weighted by atomic mass is 32.2. The predicted octanol–water partition coefficient (Wildman–Crippen LogP) is 0.763. The third kappa shape index (κ3) is 3.24. The fourth-order valence-corrected chi connectivity index (χ4v) is 3.26. The fourth-order valence-electron chi connectivity index (χ4n) is 1.97. The zero-order chi connectivity index (χ0) is 14.0. The summed E-state index contributed by atoms with van der Waals surface area (Å²) in [7, 11) is -3.70. The molecule has 0 amide bonds. The monoisotopic (exact) mass is 285 g/mol. The number of hydrogen-bond acceptors (Lipinski definition) is 4. The van der Waals surface area contributed by atoms with Crippen LogP contribution in [0.4, 0.5) is 0 Å². The number of ether oxygens (including phenoxy) is 1. The van der Waals surface area contributed by atoms with Crippen molar-refractivity contribution in [1.82, 2.24) is 4.72 Å². The Morgan fingerprint density at radius 2 is 2.26 bits per heavy atom. The Balaban J connectivity index is 2.18. The second-order valence-corrected chi connectivity index (χ2v) is 6.20. The van der Waals surface area contributed by atoms with Crippen molar-refractivity contribution in [2.75, 3.05) is 6.61 Å². The van der Waals surface area contributed by atoms with Gasteiger partial charge in [0.15, 0.2) is 0 Å². The summed E-state index contributed by atoms with van der Waals surface area (Å²) < 4.78 is 31.8. The van der Waals surface area contributed by atoms with Crippen molar-refractivity contribution >= 4 is 16.0 Å². The molecule has 0 saturated carbocycles. The first-order valence-corrected chi connectivity index (χ1v) is 7.36. The molecule has 1 aromatic rings. The summed E-state index contributed by atoms with van der Waals surface area (Å²) in [5.74, 6) is -0.338. The van der Waals surface area contributed by atoms with E-state index in [9.17, 15) is 13.2 Å². The van der Waals surface area contributed by atoms with E-state index in [0.29, 0.717) is 18.8 Å². The molecular formula is C12H15NO5S. The van der Waals surface area contributed by atoms with E-state index in [0.717, 1.165) is 5.56 Å². The lowest BCUT2D eigenvalue weighted by molar-refractivity contribution is -0.137. The summed E-state index contributed by atoms with van der Waals surface area (Å²) >= 11 is 0. The maximum atomic E-state index is 12.1. The second kappa shape index (κ2) is 5.18. The van der Waals surface area contributed by atoms with Crippen molar-refractivity contribution in [2.45, 2.75) is 30.7 Å². The SMILES string of the molecule is CC(CC(=O)O)NS(=O)(=O)c1ccc2c(c1)CCO2. The zero-order valence-electron chi connectivity index (χ0n) is 10.4. The molecule has 1 heterocycles. The molecule has 1 aliphatic rings. The molecular weight excluding hydrogens is 270 g/mol. The van der Waals surface area contributed by atoms with E-state index < -0.39 is 22.0 Å². The minimum Gasteiger partial charge on any atom is -0.493 e. The quantitative estimate of drug-likeness (QED) is 0.833. The largest absolute Gasteiger partial charge is 0.493 e. The van der Waals surface area contributed by atoms with E-state index in [-0.39, 0.29) is 11.3 Å². The van der Waals surface area contributed by atoms with Crippen LogP contribution in [0.5, 0.6) is 5.75 Å². The van der Waals surface area contributed by atoms with Crippen LogP contribution in [-0.2, 0) is 21.2 Å². The Bertz CT molecular complexity index is 596. The highest BCUT2D eigenvalue weighted by Gasteiger charge is 2.21. The van der Waals surface area contributed by atoms with Crippen LogP contribution >= 0.6 is 0 Å².